The summed E-state index contributed by atoms with van der Waals surface area (Å²) < 4.78 is 31.2. The van der Waals surface area contributed by atoms with Crippen LogP contribution in [0, 0.1) is 5.82 Å². The van der Waals surface area contributed by atoms with Crippen LogP contribution in [0.1, 0.15) is 18.2 Å². The zero-order valence-corrected chi connectivity index (χ0v) is 20.7. The Morgan fingerprint density at radius 2 is 1.74 bits per heavy atom. The summed E-state index contributed by atoms with van der Waals surface area (Å²) in [6, 6.07) is 7.02. The number of carboxylic acids is 2. The number of aliphatic hydroxyl groups excluding tert-OH is 2. The number of carboxylic acid groups (broad SMARTS) is 2. The molecule has 17 heteroatoms. The fourth-order valence-electron chi connectivity index (χ4n) is 3.16. The Bertz CT molecular complexity index is 1250. The first kappa shape index (κ1) is 31.5. The van der Waals surface area contributed by atoms with Gasteiger partial charge in [-0.2, -0.15) is 4.39 Å². The lowest BCUT2D eigenvalue weighted by Crippen LogP contribution is -2.39. The topological polar surface area (TPSA) is 241 Å². The van der Waals surface area contributed by atoms with E-state index in [2.05, 4.69) is 0 Å². The van der Waals surface area contributed by atoms with E-state index in [0.29, 0.717) is 5.02 Å². The van der Waals surface area contributed by atoms with Crippen molar-refractivity contribution >= 4 is 29.5 Å². The molecule has 1 aliphatic rings. The summed E-state index contributed by atoms with van der Waals surface area (Å²) in [4.78, 5) is 56.1. The van der Waals surface area contributed by atoms with Gasteiger partial charge in [-0.1, -0.05) is 23.7 Å². The van der Waals surface area contributed by atoms with E-state index in [4.69, 9.17) is 52.0 Å². The Balaban J connectivity index is 0.000000455. The molecule has 3 rings (SSSR count). The molecule has 2 heterocycles. The van der Waals surface area contributed by atoms with Crippen molar-refractivity contribution in [2.24, 2.45) is 5.73 Å². The second-order valence-corrected chi connectivity index (χ2v) is 8.37. The number of carbonyl (C=O) groups excluding carboxylic acids is 1. The predicted molar refractivity (Wildman–Crippen MR) is 127 cm³/mol. The van der Waals surface area contributed by atoms with E-state index in [1.54, 1.807) is 24.3 Å². The molecule has 0 amide bonds. The van der Waals surface area contributed by atoms with Gasteiger partial charge in [0.2, 0.25) is 5.82 Å². The maximum Gasteiger partial charge on any atom is 0.335 e. The summed E-state index contributed by atoms with van der Waals surface area (Å²) in [7, 11) is 0. The molecule has 0 bridgehead atoms. The smallest absolute Gasteiger partial charge is 0.335 e. The number of H-pyrrole nitrogens is 1. The Morgan fingerprint density at radius 3 is 2.28 bits per heavy atom. The standard InChI is InChI=1S/C18H19ClFN3O6.C4H6O6/c19-11-3-1-10(2-4-11)8-27-13-5-15(29-14(13)9-28-16(24)6-21)23-7-12(20)17(25)22-18(23)26;5-1(3(7)8)2(6)4(9)10/h1-4,7,13-15H,5-6,8-9,21H2,(H,22,25,26);1-2,5-6H,(H,7,8)(H,9,10)/t13-,14+,15+;1-,2-/m01/s1. The van der Waals surface area contributed by atoms with Crippen LogP contribution in [0.15, 0.2) is 40.1 Å². The highest BCUT2D eigenvalue weighted by Gasteiger charge is 2.38. The van der Waals surface area contributed by atoms with Crippen LogP contribution in [-0.4, -0.2) is 85.5 Å². The molecule has 7 N–H and O–H groups in total. The van der Waals surface area contributed by atoms with Gasteiger partial charge in [0.05, 0.1) is 25.5 Å². The molecule has 2 aromatic rings. The van der Waals surface area contributed by atoms with Crippen LogP contribution >= 0.6 is 11.6 Å². The monoisotopic (exact) mass is 577 g/mol. The van der Waals surface area contributed by atoms with Gasteiger partial charge in [-0.15, -0.1) is 0 Å². The molecular weight excluding hydrogens is 553 g/mol. The summed E-state index contributed by atoms with van der Waals surface area (Å²) in [6.07, 6.45) is -5.78. The minimum atomic E-state index is -2.27. The molecule has 1 fully saturated rings. The van der Waals surface area contributed by atoms with E-state index in [0.717, 1.165) is 16.3 Å². The van der Waals surface area contributed by atoms with Crippen molar-refractivity contribution in [3.8, 4) is 0 Å². The van der Waals surface area contributed by atoms with E-state index in [1.165, 1.54) is 0 Å². The van der Waals surface area contributed by atoms with E-state index in [1.807, 2.05) is 4.98 Å². The average Bonchev–Trinajstić information content (AvgIpc) is 3.30. The Labute approximate surface area is 223 Å². The lowest BCUT2D eigenvalue weighted by Gasteiger charge is -2.19. The molecule has 0 unspecified atom stereocenters. The van der Waals surface area contributed by atoms with Crippen molar-refractivity contribution in [2.45, 2.75) is 43.7 Å². The maximum atomic E-state index is 13.6. The number of rotatable bonds is 10. The van der Waals surface area contributed by atoms with Gasteiger partial charge in [0.25, 0.3) is 5.56 Å². The number of aliphatic carboxylic acids is 2. The molecule has 15 nitrogen and oxygen atoms in total. The molecule has 0 spiro atoms. The molecule has 1 saturated heterocycles. The number of benzene rings is 1. The number of halogens is 2. The maximum absolute atomic E-state index is 13.6. The minimum Gasteiger partial charge on any atom is -0.479 e. The number of hydrogen-bond donors (Lipinski definition) is 6. The van der Waals surface area contributed by atoms with Gasteiger partial charge in [-0.3, -0.25) is 19.1 Å². The van der Waals surface area contributed by atoms with Crippen molar-refractivity contribution in [2.75, 3.05) is 13.2 Å². The fourth-order valence-corrected chi connectivity index (χ4v) is 3.29. The molecule has 0 saturated carbocycles. The highest BCUT2D eigenvalue weighted by molar-refractivity contribution is 6.30. The van der Waals surface area contributed by atoms with Gasteiger partial charge in [0.1, 0.15) is 18.9 Å². The number of ether oxygens (including phenoxy) is 3. The summed E-state index contributed by atoms with van der Waals surface area (Å²) in [6.45, 7) is -0.233. The van der Waals surface area contributed by atoms with Gasteiger partial charge < -0.3 is 40.4 Å². The summed E-state index contributed by atoms with van der Waals surface area (Å²) >= 11 is 5.86. The third-order valence-electron chi connectivity index (χ3n) is 5.17. The lowest BCUT2D eigenvalue weighted by atomic mass is 10.1. The normalized spacial score (nSPS) is 19.9. The molecular formula is C22H25ClFN3O12. The first-order valence-electron chi connectivity index (χ1n) is 11.0. The first-order chi connectivity index (χ1) is 18.3. The highest BCUT2D eigenvalue weighted by Crippen LogP contribution is 2.31. The Hall–Kier alpha value is -3.67. The number of esters is 1. The Morgan fingerprint density at radius 1 is 1.15 bits per heavy atom. The number of aromatic nitrogens is 2. The zero-order valence-electron chi connectivity index (χ0n) is 19.9. The van der Waals surface area contributed by atoms with Gasteiger partial charge in [0, 0.05) is 11.4 Å². The van der Waals surface area contributed by atoms with Crippen LogP contribution in [0.25, 0.3) is 0 Å². The number of hydrogen-bond acceptors (Lipinski definition) is 11. The van der Waals surface area contributed by atoms with Crippen LogP contribution in [0.2, 0.25) is 5.02 Å². The lowest BCUT2D eigenvalue weighted by molar-refractivity contribution is -0.165. The van der Waals surface area contributed by atoms with E-state index in [-0.39, 0.29) is 26.2 Å². The van der Waals surface area contributed by atoms with Crippen molar-refractivity contribution in [3.05, 3.63) is 67.7 Å². The Kier molecular flexibility index (Phi) is 11.7. The summed E-state index contributed by atoms with van der Waals surface area (Å²) in [5, 5.41) is 33.1. The predicted octanol–water partition coefficient (Wildman–Crippen LogP) is -1.42. The molecule has 1 aliphatic heterocycles. The largest absolute Gasteiger partial charge is 0.479 e. The average molecular weight is 578 g/mol. The molecule has 1 aromatic carbocycles. The van der Waals surface area contributed by atoms with Crippen LogP contribution in [0.4, 0.5) is 4.39 Å². The van der Waals surface area contributed by atoms with Gasteiger partial charge in [0.15, 0.2) is 12.2 Å². The quantitative estimate of drug-likeness (QED) is 0.178. The molecule has 1 aromatic heterocycles. The SMILES string of the molecule is NCC(=O)OC[C@H]1O[C@@H](n2cc(F)c(=O)[nH]c2=O)C[C@@H]1OCc1ccc(Cl)cc1.O=C(O)[C@H](O)[C@@H](O)C(=O)O. The van der Waals surface area contributed by atoms with E-state index < -0.39 is 65.6 Å². The number of aromatic amines is 1. The van der Waals surface area contributed by atoms with Gasteiger partial charge >= 0.3 is 23.6 Å². The zero-order chi connectivity index (χ0) is 29.3. The molecule has 39 heavy (non-hydrogen) atoms. The van der Waals surface area contributed by atoms with Crippen LogP contribution < -0.4 is 17.0 Å². The number of aliphatic hydroxyl groups is 2. The molecule has 5 atom stereocenters. The number of nitrogens with zero attached hydrogens (tertiary/aromatic N) is 1. The third-order valence-corrected chi connectivity index (χ3v) is 5.42. The van der Waals surface area contributed by atoms with E-state index in [9.17, 15) is 28.4 Å². The van der Waals surface area contributed by atoms with Crippen LogP contribution in [-0.2, 0) is 35.2 Å². The first-order valence-corrected chi connectivity index (χ1v) is 11.4. The second-order valence-electron chi connectivity index (χ2n) is 7.94. The van der Waals surface area contributed by atoms with Crippen LogP contribution in [0.5, 0.6) is 0 Å². The minimum absolute atomic E-state index is 0.154. The fraction of sp³-hybridized carbons (Fsp3) is 0.409. The summed E-state index contributed by atoms with van der Waals surface area (Å²) in [5.74, 6) is -5.28. The molecule has 214 valence electrons. The van der Waals surface area contributed by atoms with Crippen LogP contribution in [0.3, 0.4) is 0 Å². The number of nitrogens with two attached hydrogens (primary N) is 1. The molecule has 0 aliphatic carbocycles. The van der Waals surface area contributed by atoms with Crippen molar-refractivity contribution in [3.63, 3.8) is 0 Å². The van der Waals surface area contributed by atoms with Crippen molar-refractivity contribution in [1.82, 2.24) is 9.55 Å². The number of nitrogens with one attached hydrogen (secondary N) is 1. The van der Waals surface area contributed by atoms with Gasteiger partial charge in [-0.25, -0.2) is 14.4 Å². The van der Waals surface area contributed by atoms with Gasteiger partial charge in [-0.05, 0) is 17.7 Å². The van der Waals surface area contributed by atoms with Crippen molar-refractivity contribution in [1.29, 1.82) is 0 Å². The van der Waals surface area contributed by atoms with E-state index >= 15 is 0 Å². The second kappa shape index (κ2) is 14.5. The third kappa shape index (κ3) is 9.24. The van der Waals surface area contributed by atoms with Crippen molar-refractivity contribution < 1.29 is 53.4 Å². The molecule has 0 radical (unpaired) electrons. The number of carbonyl (C=O) groups is 3. The highest BCUT2D eigenvalue weighted by atomic mass is 35.5. The summed E-state index contributed by atoms with van der Waals surface area (Å²) in [5.41, 5.74) is 4.14.